The molecule has 1 aromatic heterocycles. The van der Waals surface area contributed by atoms with E-state index in [0.717, 1.165) is 11.1 Å². The topological polar surface area (TPSA) is 97.6 Å². The van der Waals surface area contributed by atoms with Crippen molar-refractivity contribution >= 4 is 11.8 Å². The minimum absolute atomic E-state index is 0.0211. The molecule has 2 amide bonds. The molecule has 4 rings (SSSR count). The van der Waals surface area contributed by atoms with Gasteiger partial charge in [-0.25, -0.2) is 4.39 Å². The number of benzene rings is 2. The average Bonchev–Trinajstić information content (AvgIpc) is 3.40. The number of carbonyl (C=O) groups is 2. The van der Waals surface area contributed by atoms with Crippen molar-refractivity contribution in [2.24, 2.45) is 0 Å². The van der Waals surface area contributed by atoms with E-state index in [1.807, 2.05) is 19.1 Å². The highest BCUT2D eigenvalue weighted by Crippen LogP contribution is 2.27. The van der Waals surface area contributed by atoms with Gasteiger partial charge in [-0.2, -0.15) is 4.98 Å². The molecular weight excluding hydrogens is 415 g/mol. The van der Waals surface area contributed by atoms with Crippen LogP contribution in [0.4, 0.5) is 4.39 Å². The largest absolute Gasteiger partial charge is 0.484 e. The lowest BCUT2D eigenvalue weighted by Gasteiger charge is -2.16. The van der Waals surface area contributed by atoms with Crippen LogP contribution in [0.15, 0.2) is 53.1 Å². The highest BCUT2D eigenvalue weighted by Gasteiger charge is 2.33. The lowest BCUT2D eigenvalue weighted by Crippen LogP contribution is -2.28. The van der Waals surface area contributed by atoms with Gasteiger partial charge >= 0.3 is 0 Å². The normalized spacial score (nSPS) is 15.8. The zero-order valence-electron chi connectivity index (χ0n) is 17.6. The second-order valence-electron chi connectivity index (χ2n) is 7.73. The van der Waals surface area contributed by atoms with Gasteiger partial charge in [0.25, 0.3) is 5.91 Å². The molecule has 1 aliphatic rings. The van der Waals surface area contributed by atoms with Crippen LogP contribution in [0.25, 0.3) is 0 Å². The summed E-state index contributed by atoms with van der Waals surface area (Å²) in [5.41, 5.74) is 1.96. The van der Waals surface area contributed by atoms with Crippen molar-refractivity contribution < 1.29 is 23.2 Å². The summed E-state index contributed by atoms with van der Waals surface area (Å²) >= 11 is 0. The molecule has 1 aliphatic heterocycles. The lowest BCUT2D eigenvalue weighted by molar-refractivity contribution is -0.128. The Morgan fingerprint density at radius 3 is 2.72 bits per heavy atom. The van der Waals surface area contributed by atoms with Crippen molar-refractivity contribution in [3.8, 4) is 5.75 Å². The SMILES string of the molecule is Cc1ccc(OCC(=O)NCc2nc(C3CC(=O)N(Cc4ccc(F)cc4)C3)no2)cc1. The van der Waals surface area contributed by atoms with E-state index < -0.39 is 0 Å². The van der Waals surface area contributed by atoms with Gasteiger partial charge in [0.2, 0.25) is 11.8 Å². The van der Waals surface area contributed by atoms with Crippen LogP contribution in [0.5, 0.6) is 5.75 Å². The molecule has 0 bridgehead atoms. The Balaban J connectivity index is 1.25. The number of likely N-dealkylation sites (tertiary alicyclic amines) is 1. The van der Waals surface area contributed by atoms with E-state index in [1.165, 1.54) is 12.1 Å². The van der Waals surface area contributed by atoms with E-state index in [0.29, 0.717) is 24.7 Å². The van der Waals surface area contributed by atoms with Crippen molar-refractivity contribution in [1.82, 2.24) is 20.4 Å². The molecule has 1 fully saturated rings. The minimum Gasteiger partial charge on any atom is -0.484 e. The second-order valence-corrected chi connectivity index (χ2v) is 7.73. The van der Waals surface area contributed by atoms with E-state index in [1.54, 1.807) is 29.2 Å². The van der Waals surface area contributed by atoms with Gasteiger partial charge in [-0.3, -0.25) is 9.59 Å². The maximum atomic E-state index is 13.1. The molecule has 0 radical (unpaired) electrons. The first kappa shape index (κ1) is 21.5. The third kappa shape index (κ3) is 5.48. The predicted molar refractivity (Wildman–Crippen MR) is 112 cm³/mol. The van der Waals surface area contributed by atoms with Gasteiger partial charge in [-0.15, -0.1) is 0 Å². The second kappa shape index (κ2) is 9.59. The Morgan fingerprint density at radius 2 is 1.97 bits per heavy atom. The summed E-state index contributed by atoms with van der Waals surface area (Å²) in [4.78, 5) is 30.4. The van der Waals surface area contributed by atoms with Crippen molar-refractivity contribution in [3.05, 3.63) is 77.2 Å². The molecule has 1 unspecified atom stereocenters. The first-order chi connectivity index (χ1) is 15.5. The molecule has 1 N–H and O–H groups in total. The van der Waals surface area contributed by atoms with E-state index in [2.05, 4.69) is 15.5 Å². The van der Waals surface area contributed by atoms with Gasteiger partial charge in [-0.05, 0) is 36.8 Å². The molecule has 166 valence electrons. The number of ether oxygens (including phenoxy) is 1. The Labute approximate surface area is 184 Å². The molecule has 0 saturated carbocycles. The molecule has 9 heteroatoms. The van der Waals surface area contributed by atoms with Crippen LogP contribution in [-0.4, -0.2) is 40.0 Å². The van der Waals surface area contributed by atoms with Gasteiger partial charge in [0.1, 0.15) is 11.6 Å². The first-order valence-electron chi connectivity index (χ1n) is 10.3. The Morgan fingerprint density at radius 1 is 1.22 bits per heavy atom. The fourth-order valence-corrected chi connectivity index (χ4v) is 3.42. The lowest BCUT2D eigenvalue weighted by atomic mass is 10.1. The molecule has 0 aliphatic carbocycles. The van der Waals surface area contributed by atoms with Crippen LogP contribution in [-0.2, 0) is 22.7 Å². The fourth-order valence-electron chi connectivity index (χ4n) is 3.42. The third-order valence-electron chi connectivity index (χ3n) is 5.18. The van der Waals surface area contributed by atoms with Gasteiger partial charge in [0.05, 0.1) is 6.54 Å². The number of halogens is 1. The molecule has 2 aromatic carbocycles. The number of hydrogen-bond acceptors (Lipinski definition) is 6. The Kier molecular flexibility index (Phi) is 6.44. The highest BCUT2D eigenvalue weighted by atomic mass is 19.1. The maximum Gasteiger partial charge on any atom is 0.258 e. The Hall–Kier alpha value is -3.75. The number of amides is 2. The molecule has 1 saturated heterocycles. The van der Waals surface area contributed by atoms with Gasteiger partial charge in [-0.1, -0.05) is 35.0 Å². The van der Waals surface area contributed by atoms with Crippen molar-refractivity contribution in [2.75, 3.05) is 13.2 Å². The monoisotopic (exact) mass is 438 g/mol. The third-order valence-corrected chi connectivity index (χ3v) is 5.18. The van der Waals surface area contributed by atoms with E-state index in [9.17, 15) is 14.0 Å². The number of hydrogen-bond donors (Lipinski definition) is 1. The molecule has 0 spiro atoms. The van der Waals surface area contributed by atoms with Gasteiger partial charge in [0, 0.05) is 25.4 Å². The first-order valence-corrected chi connectivity index (χ1v) is 10.3. The number of nitrogens with zero attached hydrogens (tertiary/aromatic N) is 3. The van der Waals surface area contributed by atoms with Crippen molar-refractivity contribution in [1.29, 1.82) is 0 Å². The zero-order chi connectivity index (χ0) is 22.5. The fraction of sp³-hybridized carbons (Fsp3) is 0.304. The highest BCUT2D eigenvalue weighted by molar-refractivity contribution is 5.79. The summed E-state index contributed by atoms with van der Waals surface area (Å²) in [5, 5.41) is 6.64. The van der Waals surface area contributed by atoms with Crippen LogP contribution < -0.4 is 10.1 Å². The number of aryl methyl sites for hydroxylation is 1. The van der Waals surface area contributed by atoms with Crippen LogP contribution in [0, 0.1) is 12.7 Å². The van der Waals surface area contributed by atoms with Crippen LogP contribution >= 0.6 is 0 Å². The molecule has 8 nitrogen and oxygen atoms in total. The van der Waals surface area contributed by atoms with Crippen LogP contribution in [0.3, 0.4) is 0 Å². The zero-order valence-corrected chi connectivity index (χ0v) is 17.6. The Bertz CT molecular complexity index is 1080. The summed E-state index contributed by atoms with van der Waals surface area (Å²) in [6.07, 6.45) is 0.275. The van der Waals surface area contributed by atoms with Gasteiger partial charge < -0.3 is 19.5 Å². The van der Waals surface area contributed by atoms with E-state index in [-0.39, 0.29) is 49.0 Å². The van der Waals surface area contributed by atoms with Crippen molar-refractivity contribution in [2.45, 2.75) is 32.4 Å². The summed E-state index contributed by atoms with van der Waals surface area (Å²) < 4.78 is 23.7. The number of nitrogens with one attached hydrogen (secondary N) is 1. The number of carbonyl (C=O) groups excluding carboxylic acids is 2. The molecule has 2 heterocycles. The van der Waals surface area contributed by atoms with Gasteiger partial charge in [0.15, 0.2) is 12.4 Å². The van der Waals surface area contributed by atoms with Crippen molar-refractivity contribution in [3.63, 3.8) is 0 Å². The summed E-state index contributed by atoms with van der Waals surface area (Å²) in [5.74, 6) is 0.461. The van der Waals surface area contributed by atoms with Crippen LogP contribution in [0.2, 0.25) is 0 Å². The maximum absolute atomic E-state index is 13.1. The molecule has 3 aromatic rings. The number of aromatic nitrogens is 2. The predicted octanol–water partition coefficient (Wildman–Crippen LogP) is 2.73. The molecule has 32 heavy (non-hydrogen) atoms. The molecular formula is C23H23FN4O4. The minimum atomic E-state index is -0.313. The number of rotatable bonds is 8. The summed E-state index contributed by atoms with van der Waals surface area (Å²) in [7, 11) is 0. The smallest absolute Gasteiger partial charge is 0.258 e. The standard InChI is InChI=1S/C23H23FN4O4/c1-15-2-8-19(9-3-15)31-14-20(29)25-11-21-26-23(27-32-21)17-10-22(30)28(13-17)12-16-4-6-18(24)7-5-16/h2-9,17H,10-14H2,1H3,(H,25,29). The van der Waals surface area contributed by atoms with E-state index in [4.69, 9.17) is 9.26 Å². The van der Waals surface area contributed by atoms with Crippen LogP contribution in [0.1, 0.15) is 35.2 Å². The quantitative estimate of drug-likeness (QED) is 0.581. The summed E-state index contributed by atoms with van der Waals surface area (Å²) in [6.45, 7) is 2.77. The average molecular weight is 438 g/mol. The van der Waals surface area contributed by atoms with E-state index >= 15 is 0 Å². The molecule has 1 atom stereocenters. The summed E-state index contributed by atoms with van der Waals surface area (Å²) in [6, 6.07) is 13.5.